The highest BCUT2D eigenvalue weighted by Gasteiger charge is 2.28. The Hall–Kier alpha value is -3.24. The summed E-state index contributed by atoms with van der Waals surface area (Å²) < 4.78 is 0. The molecule has 2 heterocycles. The summed E-state index contributed by atoms with van der Waals surface area (Å²) in [6.07, 6.45) is 1.11. The van der Waals surface area contributed by atoms with Gasteiger partial charge >= 0.3 is 0 Å². The molecule has 37 heavy (non-hydrogen) atoms. The Bertz CT molecular complexity index is 1110. The van der Waals surface area contributed by atoms with Gasteiger partial charge < -0.3 is 26.0 Å². The number of aliphatic hydroxyl groups is 1. The molecule has 1 aromatic carbocycles. The van der Waals surface area contributed by atoms with Gasteiger partial charge in [-0.1, -0.05) is 13.0 Å². The number of aromatic nitrogens is 2. The van der Waals surface area contributed by atoms with E-state index in [1.807, 2.05) is 44.7 Å². The van der Waals surface area contributed by atoms with Crippen LogP contribution in [0, 0.1) is 13.8 Å². The average Bonchev–Trinajstić information content (AvgIpc) is 3.19. The van der Waals surface area contributed by atoms with Crippen LogP contribution in [-0.4, -0.2) is 75.5 Å². The van der Waals surface area contributed by atoms with Crippen molar-refractivity contribution in [1.82, 2.24) is 30.8 Å². The second-order valence-electron chi connectivity index (χ2n) is 9.97. The highest BCUT2D eigenvalue weighted by Crippen LogP contribution is 2.15. The number of benzene rings is 1. The molecule has 0 saturated carbocycles. The second-order valence-corrected chi connectivity index (χ2v) is 9.97. The molecule has 2 aromatic rings. The minimum atomic E-state index is -1.12. The van der Waals surface area contributed by atoms with E-state index < -0.39 is 24.0 Å². The fourth-order valence-corrected chi connectivity index (χ4v) is 4.52. The number of aromatic amines is 1. The Morgan fingerprint density at radius 3 is 2.62 bits per heavy atom. The van der Waals surface area contributed by atoms with Crippen LogP contribution < -0.4 is 16.0 Å². The molecule has 3 rings (SSSR count). The topological polar surface area (TPSA) is 139 Å². The first kappa shape index (κ1) is 28.3. The normalized spacial score (nSPS) is 21.5. The monoisotopic (exact) mass is 512 g/mol. The van der Waals surface area contributed by atoms with Crippen LogP contribution in [0.4, 0.5) is 0 Å². The van der Waals surface area contributed by atoms with E-state index in [4.69, 9.17) is 0 Å². The van der Waals surface area contributed by atoms with E-state index >= 15 is 0 Å². The van der Waals surface area contributed by atoms with Crippen LogP contribution in [0.15, 0.2) is 18.2 Å². The number of aryl methyl sites for hydroxylation is 4. The third-order valence-corrected chi connectivity index (χ3v) is 6.64. The molecule has 0 saturated heterocycles. The lowest BCUT2D eigenvalue weighted by Gasteiger charge is -2.27. The fraction of sp³-hybridized carbons (Fsp3) is 0.556. The maximum absolute atomic E-state index is 13.1. The number of hydrogen-bond donors (Lipinski definition) is 5. The smallest absolute Gasteiger partial charge is 0.252 e. The van der Waals surface area contributed by atoms with Gasteiger partial charge in [-0.25, -0.2) is 4.98 Å². The van der Waals surface area contributed by atoms with E-state index in [2.05, 4.69) is 25.9 Å². The van der Waals surface area contributed by atoms with Crippen molar-refractivity contribution < 1.29 is 19.5 Å². The number of amides is 3. The zero-order valence-corrected chi connectivity index (χ0v) is 22.5. The molecule has 0 radical (unpaired) electrons. The van der Waals surface area contributed by atoms with Gasteiger partial charge in [0.15, 0.2) is 0 Å². The molecule has 1 aliphatic rings. The minimum Gasteiger partial charge on any atom is -0.391 e. The predicted octanol–water partition coefficient (Wildman–Crippen LogP) is 1.14. The summed E-state index contributed by atoms with van der Waals surface area (Å²) in [4.78, 5) is 48.7. The molecule has 3 amide bonds. The summed E-state index contributed by atoms with van der Waals surface area (Å²) in [7, 11) is 0. The fourth-order valence-electron chi connectivity index (χ4n) is 4.52. The summed E-state index contributed by atoms with van der Waals surface area (Å²) in [5, 5.41) is 18.9. The SMILES string of the molecule is CCc1nc(CN2CC(=O)NCCCc3cc(ccc3C)C(=O)N[C@@H]([C@@H](C)O)C(=O)N[C@H](C)C2)c(C)[nH]1. The van der Waals surface area contributed by atoms with Gasteiger partial charge in [0.2, 0.25) is 11.8 Å². The second kappa shape index (κ2) is 12.8. The number of carbonyl (C=O) groups is 3. The van der Waals surface area contributed by atoms with Crippen LogP contribution in [0.5, 0.6) is 0 Å². The number of H-pyrrole nitrogens is 1. The van der Waals surface area contributed by atoms with Crippen LogP contribution in [0.2, 0.25) is 0 Å². The molecule has 5 N–H and O–H groups in total. The zero-order chi connectivity index (χ0) is 27.1. The quantitative estimate of drug-likeness (QED) is 0.416. The highest BCUT2D eigenvalue weighted by molar-refractivity contribution is 5.98. The van der Waals surface area contributed by atoms with E-state index in [0.29, 0.717) is 31.6 Å². The molecular formula is C27H40N6O4. The number of carbonyl (C=O) groups excluding carboxylic acids is 3. The number of nitrogens with zero attached hydrogens (tertiary/aromatic N) is 2. The lowest BCUT2D eigenvalue weighted by Crippen LogP contribution is -2.55. The van der Waals surface area contributed by atoms with Crippen molar-refractivity contribution in [2.75, 3.05) is 19.6 Å². The molecule has 0 unspecified atom stereocenters. The molecule has 2 bridgehead atoms. The van der Waals surface area contributed by atoms with Gasteiger partial charge in [0, 0.05) is 43.4 Å². The van der Waals surface area contributed by atoms with Crippen LogP contribution in [0.1, 0.15) is 65.9 Å². The number of fused-ring (bicyclic) bond motifs is 2. The molecule has 0 aliphatic carbocycles. The Kier molecular flexibility index (Phi) is 9.82. The maximum atomic E-state index is 13.1. The number of nitrogens with one attached hydrogen (secondary N) is 4. The first-order chi connectivity index (χ1) is 17.6. The van der Waals surface area contributed by atoms with E-state index in [1.54, 1.807) is 6.07 Å². The number of imidazole rings is 1. The Morgan fingerprint density at radius 1 is 1.19 bits per heavy atom. The molecule has 3 atom stereocenters. The first-order valence-corrected chi connectivity index (χ1v) is 13.0. The number of aliphatic hydroxyl groups excluding tert-OH is 1. The average molecular weight is 513 g/mol. The summed E-state index contributed by atoms with van der Waals surface area (Å²) >= 11 is 0. The lowest BCUT2D eigenvalue weighted by atomic mass is 10.00. The van der Waals surface area contributed by atoms with Crippen molar-refractivity contribution >= 4 is 17.7 Å². The van der Waals surface area contributed by atoms with Crippen molar-refractivity contribution in [3.05, 3.63) is 52.1 Å². The van der Waals surface area contributed by atoms with E-state index in [9.17, 15) is 19.5 Å². The molecule has 1 aliphatic heterocycles. The molecule has 0 spiro atoms. The van der Waals surface area contributed by atoms with Gasteiger partial charge in [0.1, 0.15) is 11.9 Å². The van der Waals surface area contributed by atoms with Gasteiger partial charge in [0.05, 0.1) is 18.3 Å². The van der Waals surface area contributed by atoms with Crippen molar-refractivity contribution in [3.63, 3.8) is 0 Å². The van der Waals surface area contributed by atoms with E-state index in [-0.39, 0.29) is 18.5 Å². The van der Waals surface area contributed by atoms with Crippen LogP contribution in [0.3, 0.4) is 0 Å². The molecule has 10 nitrogen and oxygen atoms in total. The van der Waals surface area contributed by atoms with Gasteiger partial charge in [-0.3, -0.25) is 19.3 Å². The van der Waals surface area contributed by atoms with Crippen molar-refractivity contribution in [2.45, 2.75) is 78.6 Å². The summed E-state index contributed by atoms with van der Waals surface area (Å²) in [6, 6.07) is 3.92. The first-order valence-electron chi connectivity index (χ1n) is 13.0. The lowest BCUT2D eigenvalue weighted by molar-refractivity contribution is -0.126. The molecule has 0 fully saturated rings. The Labute approximate surface area is 218 Å². The van der Waals surface area contributed by atoms with E-state index in [1.165, 1.54) is 6.92 Å². The molecule has 202 valence electrons. The summed E-state index contributed by atoms with van der Waals surface area (Å²) in [6.45, 7) is 10.8. The maximum Gasteiger partial charge on any atom is 0.252 e. The van der Waals surface area contributed by atoms with E-state index in [0.717, 1.165) is 41.2 Å². The molecule has 10 heteroatoms. The molecular weight excluding hydrogens is 472 g/mol. The largest absolute Gasteiger partial charge is 0.391 e. The van der Waals surface area contributed by atoms with Gasteiger partial charge in [-0.15, -0.1) is 0 Å². The third-order valence-electron chi connectivity index (χ3n) is 6.64. The number of hydrogen-bond acceptors (Lipinski definition) is 6. The highest BCUT2D eigenvalue weighted by atomic mass is 16.3. The van der Waals surface area contributed by atoms with Crippen LogP contribution in [0.25, 0.3) is 0 Å². The standard InChI is InChI=1S/C27H40N6O4/c1-6-23-30-18(4)22(31-23)14-33-13-17(3)29-27(37)25(19(5)34)32-26(36)21-10-9-16(2)20(12-21)8-7-11-28-24(35)15-33/h9-10,12,17,19,25,34H,6-8,11,13-15H2,1-5H3,(H,28,35)(H,29,37)(H,30,31)(H,32,36)/t17-,19-,25+/m1/s1. The van der Waals surface area contributed by atoms with Crippen LogP contribution >= 0.6 is 0 Å². The summed E-state index contributed by atoms with van der Waals surface area (Å²) in [5.41, 5.74) is 4.28. The minimum absolute atomic E-state index is 0.101. The van der Waals surface area contributed by atoms with Crippen LogP contribution in [-0.2, 0) is 29.0 Å². The summed E-state index contributed by atoms with van der Waals surface area (Å²) in [5.74, 6) is -0.120. The van der Waals surface area contributed by atoms with Crippen molar-refractivity contribution in [3.8, 4) is 0 Å². The predicted molar refractivity (Wildman–Crippen MR) is 141 cm³/mol. The molecule has 1 aromatic heterocycles. The van der Waals surface area contributed by atoms with Gasteiger partial charge in [-0.2, -0.15) is 0 Å². The van der Waals surface area contributed by atoms with Gasteiger partial charge in [-0.05, 0) is 63.8 Å². The third kappa shape index (κ3) is 7.87. The van der Waals surface area contributed by atoms with Crippen molar-refractivity contribution in [2.24, 2.45) is 0 Å². The Balaban J connectivity index is 1.84. The zero-order valence-electron chi connectivity index (χ0n) is 22.5. The Morgan fingerprint density at radius 2 is 1.95 bits per heavy atom. The van der Waals surface area contributed by atoms with Gasteiger partial charge in [0.25, 0.3) is 5.91 Å². The van der Waals surface area contributed by atoms with Crippen molar-refractivity contribution in [1.29, 1.82) is 0 Å². The number of rotatable bonds is 4.